The number of amides is 4. The molecule has 0 heterocycles. The van der Waals surface area contributed by atoms with Crippen LogP contribution in [0, 0.1) is 0 Å². The van der Waals surface area contributed by atoms with Crippen LogP contribution in [0.25, 0.3) is 0 Å². The topological polar surface area (TPSA) is 234 Å². The molecule has 0 fully saturated rings. The molecule has 0 aromatic rings. The second-order valence-corrected chi connectivity index (χ2v) is 5.84. The molecule has 27 heavy (non-hydrogen) atoms. The molecular formula is C14H25N5O8. The van der Waals surface area contributed by atoms with Gasteiger partial charge in [-0.1, -0.05) is 0 Å². The van der Waals surface area contributed by atoms with Gasteiger partial charge in [-0.25, -0.2) is 4.79 Å². The van der Waals surface area contributed by atoms with Crippen molar-refractivity contribution in [1.29, 1.82) is 0 Å². The standard InChI is InChI=1S/C14H25N5O8/c1-5(20)10(16)13(25)18-7(3-8(15)22)12(24)17-4-9(23)19-11(6(2)21)14(26)27/h5-7,10-11,20-21H,3-4,16H2,1-2H3,(H2,15,22)(H,17,24)(H,18,25)(H,19,23)(H,26,27). The SMILES string of the molecule is CC(O)C(N)C(=O)NC(CC(N)=O)C(=O)NCC(=O)NC(C(=O)O)C(C)O. The summed E-state index contributed by atoms with van der Waals surface area (Å²) < 4.78 is 0. The number of carbonyl (C=O) groups is 5. The smallest absolute Gasteiger partial charge is 0.328 e. The maximum absolute atomic E-state index is 12.1. The van der Waals surface area contributed by atoms with Crippen molar-refractivity contribution in [3.63, 3.8) is 0 Å². The minimum Gasteiger partial charge on any atom is -0.480 e. The zero-order valence-electron chi connectivity index (χ0n) is 14.8. The third-order valence-electron chi connectivity index (χ3n) is 3.35. The molecular weight excluding hydrogens is 366 g/mol. The quantitative estimate of drug-likeness (QED) is 0.168. The summed E-state index contributed by atoms with van der Waals surface area (Å²) in [6, 6.07) is -4.40. The van der Waals surface area contributed by atoms with Crippen LogP contribution in [0.5, 0.6) is 0 Å². The monoisotopic (exact) mass is 391 g/mol. The van der Waals surface area contributed by atoms with Gasteiger partial charge >= 0.3 is 5.97 Å². The molecule has 13 heteroatoms. The summed E-state index contributed by atoms with van der Waals surface area (Å²) >= 11 is 0. The van der Waals surface area contributed by atoms with E-state index in [2.05, 4.69) is 10.6 Å². The van der Waals surface area contributed by atoms with Gasteiger partial charge < -0.3 is 42.7 Å². The maximum atomic E-state index is 12.1. The molecule has 0 aromatic heterocycles. The number of hydrogen-bond donors (Lipinski definition) is 8. The molecule has 0 aliphatic heterocycles. The molecule has 0 saturated carbocycles. The lowest BCUT2D eigenvalue weighted by Gasteiger charge is -2.21. The third-order valence-corrected chi connectivity index (χ3v) is 3.35. The highest BCUT2D eigenvalue weighted by atomic mass is 16.4. The number of carbonyl (C=O) groups excluding carboxylic acids is 4. The van der Waals surface area contributed by atoms with Crippen LogP contribution < -0.4 is 27.4 Å². The van der Waals surface area contributed by atoms with Gasteiger partial charge in [0.05, 0.1) is 25.2 Å². The summed E-state index contributed by atoms with van der Waals surface area (Å²) in [7, 11) is 0. The van der Waals surface area contributed by atoms with Crippen molar-refractivity contribution in [3.05, 3.63) is 0 Å². The van der Waals surface area contributed by atoms with Crippen molar-refractivity contribution >= 4 is 29.6 Å². The van der Waals surface area contributed by atoms with E-state index in [4.69, 9.17) is 16.6 Å². The number of carboxylic acid groups (broad SMARTS) is 1. The van der Waals surface area contributed by atoms with E-state index in [0.717, 1.165) is 6.92 Å². The molecule has 0 aliphatic carbocycles. The molecule has 0 aromatic carbocycles. The van der Waals surface area contributed by atoms with Crippen LogP contribution in [0.3, 0.4) is 0 Å². The minimum absolute atomic E-state index is 0.600. The number of nitrogens with two attached hydrogens (primary N) is 2. The first-order valence-electron chi connectivity index (χ1n) is 7.87. The van der Waals surface area contributed by atoms with E-state index in [1.807, 2.05) is 5.32 Å². The number of aliphatic hydroxyl groups excluding tert-OH is 2. The number of carboxylic acids is 1. The first-order chi connectivity index (χ1) is 12.4. The van der Waals surface area contributed by atoms with Crippen LogP contribution in [0.15, 0.2) is 0 Å². The zero-order chi connectivity index (χ0) is 21.3. The van der Waals surface area contributed by atoms with Crippen LogP contribution in [-0.4, -0.2) is 81.8 Å². The Balaban J connectivity index is 4.86. The van der Waals surface area contributed by atoms with Gasteiger partial charge in [0.2, 0.25) is 23.6 Å². The fraction of sp³-hybridized carbons (Fsp3) is 0.643. The van der Waals surface area contributed by atoms with Gasteiger partial charge in [0.15, 0.2) is 6.04 Å². The van der Waals surface area contributed by atoms with E-state index in [1.165, 1.54) is 6.92 Å². The van der Waals surface area contributed by atoms with Crippen molar-refractivity contribution in [2.75, 3.05) is 6.54 Å². The lowest BCUT2D eigenvalue weighted by atomic mass is 10.1. The lowest BCUT2D eigenvalue weighted by Crippen LogP contribution is -2.56. The molecule has 154 valence electrons. The zero-order valence-corrected chi connectivity index (χ0v) is 14.8. The molecule has 0 radical (unpaired) electrons. The molecule has 0 rings (SSSR count). The van der Waals surface area contributed by atoms with Crippen LogP contribution in [-0.2, 0) is 24.0 Å². The molecule has 4 amide bonds. The van der Waals surface area contributed by atoms with Crippen LogP contribution in [0.1, 0.15) is 20.3 Å². The van der Waals surface area contributed by atoms with Crippen molar-refractivity contribution in [2.24, 2.45) is 11.5 Å². The van der Waals surface area contributed by atoms with E-state index < -0.39 is 72.9 Å². The van der Waals surface area contributed by atoms with E-state index >= 15 is 0 Å². The summed E-state index contributed by atoms with van der Waals surface area (Å²) in [6.07, 6.45) is -3.20. The molecule has 10 N–H and O–H groups in total. The molecule has 0 spiro atoms. The highest BCUT2D eigenvalue weighted by Gasteiger charge is 2.28. The summed E-state index contributed by atoms with van der Waals surface area (Å²) in [5, 5.41) is 33.6. The number of primary amides is 1. The first kappa shape index (κ1) is 24.2. The molecule has 0 aliphatic rings. The number of aliphatic hydroxyl groups is 2. The average Bonchev–Trinajstić information content (AvgIpc) is 2.54. The van der Waals surface area contributed by atoms with Crippen LogP contribution >= 0.6 is 0 Å². The van der Waals surface area contributed by atoms with Crippen molar-refractivity contribution in [3.8, 4) is 0 Å². The Morgan fingerprint density at radius 2 is 1.52 bits per heavy atom. The summed E-state index contributed by atoms with van der Waals surface area (Å²) in [4.78, 5) is 57.6. The van der Waals surface area contributed by atoms with Crippen molar-refractivity contribution in [2.45, 2.75) is 50.6 Å². The Morgan fingerprint density at radius 3 is 1.93 bits per heavy atom. The second kappa shape index (κ2) is 11.1. The fourth-order valence-electron chi connectivity index (χ4n) is 1.80. The average molecular weight is 391 g/mol. The van der Waals surface area contributed by atoms with Gasteiger partial charge in [0.1, 0.15) is 12.1 Å². The van der Waals surface area contributed by atoms with Gasteiger partial charge in [-0.05, 0) is 13.8 Å². The highest BCUT2D eigenvalue weighted by molar-refractivity contribution is 5.95. The fourth-order valence-corrected chi connectivity index (χ4v) is 1.80. The molecule has 13 nitrogen and oxygen atoms in total. The van der Waals surface area contributed by atoms with Crippen LogP contribution in [0.4, 0.5) is 0 Å². The Morgan fingerprint density at radius 1 is 0.963 bits per heavy atom. The lowest BCUT2D eigenvalue weighted by molar-refractivity contribution is -0.144. The van der Waals surface area contributed by atoms with E-state index in [9.17, 15) is 34.2 Å². The first-order valence-corrected chi connectivity index (χ1v) is 7.87. The van der Waals surface area contributed by atoms with Gasteiger partial charge in [0, 0.05) is 0 Å². The molecule has 5 unspecified atom stereocenters. The predicted octanol–water partition coefficient (Wildman–Crippen LogP) is -4.88. The van der Waals surface area contributed by atoms with Gasteiger partial charge in [-0.2, -0.15) is 0 Å². The molecule has 5 atom stereocenters. The van der Waals surface area contributed by atoms with Crippen LogP contribution in [0.2, 0.25) is 0 Å². The Hall–Kier alpha value is -2.77. The number of hydrogen-bond acceptors (Lipinski definition) is 8. The third kappa shape index (κ3) is 8.94. The van der Waals surface area contributed by atoms with E-state index in [0.29, 0.717) is 0 Å². The Labute approximate surface area is 154 Å². The Kier molecular flexibility index (Phi) is 9.92. The summed E-state index contributed by atoms with van der Waals surface area (Å²) in [5.74, 6) is -5.21. The molecule has 0 bridgehead atoms. The predicted molar refractivity (Wildman–Crippen MR) is 89.7 cm³/mol. The second-order valence-electron chi connectivity index (χ2n) is 5.84. The van der Waals surface area contributed by atoms with Crippen molar-refractivity contribution in [1.82, 2.24) is 16.0 Å². The van der Waals surface area contributed by atoms with Gasteiger partial charge in [-0.15, -0.1) is 0 Å². The van der Waals surface area contributed by atoms with Crippen molar-refractivity contribution < 1.29 is 39.3 Å². The largest absolute Gasteiger partial charge is 0.480 e. The summed E-state index contributed by atoms with van der Waals surface area (Å²) in [5.41, 5.74) is 10.4. The highest BCUT2D eigenvalue weighted by Crippen LogP contribution is 1.97. The Bertz CT molecular complexity index is 580. The normalized spacial score (nSPS) is 16.2. The number of aliphatic carboxylic acids is 1. The maximum Gasteiger partial charge on any atom is 0.328 e. The summed E-state index contributed by atoms with van der Waals surface area (Å²) in [6.45, 7) is 1.71. The van der Waals surface area contributed by atoms with E-state index in [1.54, 1.807) is 0 Å². The molecule has 0 saturated heterocycles. The number of rotatable bonds is 11. The van der Waals surface area contributed by atoms with E-state index in [-0.39, 0.29) is 0 Å². The van der Waals surface area contributed by atoms with Gasteiger partial charge in [-0.3, -0.25) is 19.2 Å². The number of nitrogens with one attached hydrogen (secondary N) is 3. The minimum atomic E-state index is -1.58. The van der Waals surface area contributed by atoms with Gasteiger partial charge in [0.25, 0.3) is 0 Å².